The maximum atomic E-state index is 4.37. The van der Waals surface area contributed by atoms with Crippen LogP contribution in [0.25, 0.3) is 0 Å². The maximum Gasteiger partial charge on any atom is 0.225 e. The predicted octanol–water partition coefficient (Wildman–Crippen LogP) is 2.55. The molecule has 1 aliphatic heterocycles. The first kappa shape index (κ1) is 13.7. The van der Waals surface area contributed by atoms with E-state index in [1.807, 2.05) is 12.4 Å². The molecule has 0 aromatic carbocycles. The van der Waals surface area contributed by atoms with Crippen molar-refractivity contribution in [1.82, 2.24) is 14.9 Å². The van der Waals surface area contributed by atoms with Crippen molar-refractivity contribution in [2.24, 2.45) is 0 Å². The lowest BCUT2D eigenvalue weighted by atomic mass is 10.0. The molecule has 18 heavy (non-hydrogen) atoms. The van der Waals surface area contributed by atoms with Crippen LogP contribution in [0.2, 0.25) is 0 Å². The van der Waals surface area contributed by atoms with E-state index in [0.717, 1.165) is 42.6 Å². The second-order valence-corrected chi connectivity index (χ2v) is 5.56. The Hall–Kier alpha value is -0.680. The van der Waals surface area contributed by atoms with Gasteiger partial charge in [0, 0.05) is 31.5 Å². The van der Waals surface area contributed by atoms with Crippen LogP contribution in [0.5, 0.6) is 0 Å². The van der Waals surface area contributed by atoms with Crippen molar-refractivity contribution in [3.05, 3.63) is 16.9 Å². The topological polar surface area (TPSA) is 32.3 Å². The Labute approximate surface area is 118 Å². The molecular weight excluding hydrogens is 292 g/mol. The zero-order chi connectivity index (χ0) is 13.0. The number of piperidine rings is 1. The van der Waals surface area contributed by atoms with E-state index < -0.39 is 0 Å². The lowest BCUT2D eigenvalue weighted by Gasteiger charge is -2.37. The molecule has 0 radical (unpaired) electrons. The lowest BCUT2D eigenvalue weighted by Crippen LogP contribution is -2.45. The van der Waals surface area contributed by atoms with Crippen molar-refractivity contribution in [3.8, 4) is 0 Å². The summed E-state index contributed by atoms with van der Waals surface area (Å²) in [5.41, 5.74) is 0. The van der Waals surface area contributed by atoms with Gasteiger partial charge >= 0.3 is 0 Å². The monoisotopic (exact) mass is 312 g/mol. The second kappa shape index (κ2) is 6.48. The predicted molar refractivity (Wildman–Crippen MR) is 77.9 cm³/mol. The van der Waals surface area contributed by atoms with Gasteiger partial charge in [0.05, 0.1) is 4.47 Å². The number of rotatable bonds is 4. The summed E-state index contributed by atoms with van der Waals surface area (Å²) in [5.74, 6) is 0.858. The third-order valence-corrected chi connectivity index (χ3v) is 4.09. The highest BCUT2D eigenvalue weighted by atomic mass is 79.9. The first-order chi connectivity index (χ1) is 8.74. The number of anilines is 1. The number of aromatic nitrogens is 2. The van der Waals surface area contributed by atoms with Gasteiger partial charge in [-0.25, -0.2) is 9.97 Å². The number of hydrogen-bond acceptors (Lipinski definition) is 4. The average Bonchev–Trinajstić information content (AvgIpc) is 2.42. The molecule has 5 heteroatoms. The second-order valence-electron chi connectivity index (χ2n) is 4.64. The summed E-state index contributed by atoms with van der Waals surface area (Å²) >= 11 is 3.37. The molecule has 0 spiro atoms. The van der Waals surface area contributed by atoms with Gasteiger partial charge in [-0.15, -0.1) is 0 Å². The SMILES string of the molecule is CCN(CC)C1CCN(c2ncc(Br)cn2)CC1. The molecule has 1 aromatic heterocycles. The average molecular weight is 313 g/mol. The van der Waals surface area contributed by atoms with Crippen LogP contribution < -0.4 is 4.90 Å². The van der Waals surface area contributed by atoms with Crippen molar-refractivity contribution in [1.29, 1.82) is 0 Å². The molecule has 100 valence electrons. The molecular formula is C13H21BrN4. The van der Waals surface area contributed by atoms with Gasteiger partial charge in [0.1, 0.15) is 0 Å². The molecule has 0 N–H and O–H groups in total. The first-order valence-corrected chi connectivity index (χ1v) is 7.50. The minimum atomic E-state index is 0.728. The van der Waals surface area contributed by atoms with E-state index in [2.05, 4.69) is 49.5 Å². The molecule has 2 heterocycles. The molecule has 0 atom stereocenters. The van der Waals surface area contributed by atoms with Crippen LogP contribution in [0.3, 0.4) is 0 Å². The third-order valence-electron chi connectivity index (χ3n) is 3.68. The van der Waals surface area contributed by atoms with Crippen LogP contribution in [-0.2, 0) is 0 Å². The molecule has 1 saturated heterocycles. The van der Waals surface area contributed by atoms with Crippen LogP contribution in [0.1, 0.15) is 26.7 Å². The third kappa shape index (κ3) is 3.20. The summed E-state index contributed by atoms with van der Waals surface area (Å²) in [6.45, 7) is 8.90. The fraction of sp³-hybridized carbons (Fsp3) is 0.692. The minimum absolute atomic E-state index is 0.728. The summed E-state index contributed by atoms with van der Waals surface area (Å²) in [4.78, 5) is 13.6. The molecule has 0 unspecified atom stereocenters. The summed E-state index contributed by atoms with van der Waals surface area (Å²) < 4.78 is 0.935. The number of halogens is 1. The van der Waals surface area contributed by atoms with E-state index in [1.165, 1.54) is 12.8 Å². The van der Waals surface area contributed by atoms with Crippen molar-refractivity contribution in [3.63, 3.8) is 0 Å². The summed E-state index contributed by atoms with van der Waals surface area (Å²) in [6.07, 6.45) is 6.06. The maximum absolute atomic E-state index is 4.37. The van der Waals surface area contributed by atoms with Gasteiger partial charge in [0.25, 0.3) is 0 Å². The number of nitrogens with zero attached hydrogens (tertiary/aromatic N) is 4. The van der Waals surface area contributed by atoms with Gasteiger partial charge in [0.15, 0.2) is 0 Å². The molecule has 0 amide bonds. The Balaban J connectivity index is 1.92. The molecule has 2 rings (SSSR count). The van der Waals surface area contributed by atoms with Crippen LogP contribution in [0.4, 0.5) is 5.95 Å². The fourth-order valence-corrected chi connectivity index (χ4v) is 2.84. The highest BCUT2D eigenvalue weighted by Crippen LogP contribution is 2.20. The fourth-order valence-electron chi connectivity index (χ4n) is 2.64. The largest absolute Gasteiger partial charge is 0.341 e. The highest BCUT2D eigenvalue weighted by Gasteiger charge is 2.23. The molecule has 1 fully saturated rings. The van der Waals surface area contributed by atoms with Gasteiger partial charge in [0.2, 0.25) is 5.95 Å². The van der Waals surface area contributed by atoms with E-state index in [-0.39, 0.29) is 0 Å². The minimum Gasteiger partial charge on any atom is -0.341 e. The van der Waals surface area contributed by atoms with Crippen molar-refractivity contribution < 1.29 is 0 Å². The zero-order valence-electron chi connectivity index (χ0n) is 11.1. The Morgan fingerprint density at radius 1 is 1.22 bits per heavy atom. The van der Waals surface area contributed by atoms with Crippen molar-refractivity contribution >= 4 is 21.9 Å². The molecule has 1 aliphatic rings. The van der Waals surface area contributed by atoms with E-state index in [1.54, 1.807) is 0 Å². The van der Waals surface area contributed by atoms with Gasteiger partial charge in [-0.3, -0.25) is 0 Å². The normalized spacial score (nSPS) is 17.4. The van der Waals surface area contributed by atoms with Gasteiger partial charge in [-0.2, -0.15) is 0 Å². The summed E-state index contributed by atoms with van der Waals surface area (Å²) in [5, 5.41) is 0. The Morgan fingerprint density at radius 3 is 2.28 bits per heavy atom. The summed E-state index contributed by atoms with van der Waals surface area (Å²) in [7, 11) is 0. The van der Waals surface area contributed by atoms with Crippen LogP contribution in [0, 0.1) is 0 Å². The van der Waals surface area contributed by atoms with Gasteiger partial charge in [-0.1, -0.05) is 13.8 Å². The van der Waals surface area contributed by atoms with Crippen LogP contribution >= 0.6 is 15.9 Å². The van der Waals surface area contributed by atoms with E-state index in [4.69, 9.17) is 0 Å². The molecule has 4 nitrogen and oxygen atoms in total. The van der Waals surface area contributed by atoms with E-state index in [9.17, 15) is 0 Å². The van der Waals surface area contributed by atoms with Crippen LogP contribution in [-0.4, -0.2) is 47.1 Å². The van der Waals surface area contributed by atoms with Gasteiger partial charge < -0.3 is 9.80 Å². The molecule has 1 aromatic rings. The smallest absolute Gasteiger partial charge is 0.225 e. The lowest BCUT2D eigenvalue weighted by molar-refractivity contribution is 0.186. The molecule has 0 bridgehead atoms. The quantitative estimate of drug-likeness (QED) is 0.855. The molecule has 0 saturated carbocycles. The van der Waals surface area contributed by atoms with E-state index >= 15 is 0 Å². The van der Waals surface area contributed by atoms with E-state index in [0.29, 0.717) is 0 Å². The van der Waals surface area contributed by atoms with Crippen molar-refractivity contribution in [2.75, 3.05) is 31.1 Å². The summed E-state index contributed by atoms with van der Waals surface area (Å²) in [6, 6.07) is 0.728. The number of hydrogen-bond donors (Lipinski definition) is 0. The standard InChI is InChI=1S/C13H21BrN4/c1-3-17(4-2)12-5-7-18(8-6-12)13-15-9-11(14)10-16-13/h9-10,12H,3-8H2,1-2H3. The molecule has 0 aliphatic carbocycles. The Kier molecular flexibility index (Phi) is 4.95. The Bertz CT molecular complexity index is 356. The van der Waals surface area contributed by atoms with Crippen molar-refractivity contribution in [2.45, 2.75) is 32.7 Å². The zero-order valence-corrected chi connectivity index (χ0v) is 12.7. The van der Waals surface area contributed by atoms with Crippen LogP contribution in [0.15, 0.2) is 16.9 Å². The van der Waals surface area contributed by atoms with Gasteiger partial charge in [-0.05, 0) is 41.9 Å². The highest BCUT2D eigenvalue weighted by molar-refractivity contribution is 9.10. The Morgan fingerprint density at radius 2 is 1.78 bits per heavy atom. The first-order valence-electron chi connectivity index (χ1n) is 6.71.